The molecule has 4 rings (SSSR count). The fourth-order valence-corrected chi connectivity index (χ4v) is 4.11. The van der Waals surface area contributed by atoms with Gasteiger partial charge in [0.05, 0.1) is 5.56 Å². The molecule has 1 N–H and O–H groups in total. The SMILES string of the molecule is CCC(Cc1ccccc1)c1cc(O)c(C(c2ccccc2)C2CC2)c(=O)o1. The molecule has 1 aromatic heterocycles. The van der Waals surface area contributed by atoms with Crippen molar-refractivity contribution in [3.8, 4) is 5.75 Å². The second kappa shape index (κ2) is 8.05. The zero-order valence-electron chi connectivity index (χ0n) is 16.2. The summed E-state index contributed by atoms with van der Waals surface area (Å²) in [5.41, 5.74) is 2.27. The first-order chi connectivity index (χ1) is 13.7. The third-order valence-corrected chi connectivity index (χ3v) is 5.77. The van der Waals surface area contributed by atoms with E-state index in [-0.39, 0.29) is 17.6 Å². The van der Waals surface area contributed by atoms with Gasteiger partial charge in [-0.05, 0) is 42.7 Å². The van der Waals surface area contributed by atoms with E-state index >= 15 is 0 Å². The van der Waals surface area contributed by atoms with Gasteiger partial charge in [-0.25, -0.2) is 4.79 Å². The lowest BCUT2D eigenvalue weighted by Crippen LogP contribution is -2.17. The molecule has 0 aliphatic heterocycles. The van der Waals surface area contributed by atoms with Gasteiger partial charge in [0, 0.05) is 17.9 Å². The molecule has 3 aromatic rings. The van der Waals surface area contributed by atoms with Crippen LogP contribution < -0.4 is 5.63 Å². The maximum atomic E-state index is 13.0. The number of hydrogen-bond acceptors (Lipinski definition) is 3. The molecule has 0 saturated heterocycles. The number of rotatable bonds is 7. The maximum absolute atomic E-state index is 13.0. The Balaban J connectivity index is 1.69. The van der Waals surface area contributed by atoms with E-state index in [1.54, 1.807) is 6.07 Å². The average molecular weight is 374 g/mol. The van der Waals surface area contributed by atoms with Crippen LogP contribution in [0, 0.1) is 5.92 Å². The maximum Gasteiger partial charge on any atom is 0.343 e. The summed E-state index contributed by atoms with van der Waals surface area (Å²) in [6.07, 6.45) is 3.77. The topological polar surface area (TPSA) is 50.4 Å². The zero-order valence-corrected chi connectivity index (χ0v) is 16.2. The minimum absolute atomic E-state index is 0.0613. The molecule has 0 bridgehead atoms. The van der Waals surface area contributed by atoms with E-state index in [9.17, 15) is 9.90 Å². The predicted octanol–water partition coefficient (Wildman–Crippen LogP) is 5.62. The zero-order chi connectivity index (χ0) is 19.5. The van der Waals surface area contributed by atoms with Crippen LogP contribution in [0.5, 0.6) is 5.75 Å². The second-order valence-electron chi connectivity index (χ2n) is 7.76. The Morgan fingerprint density at radius 1 is 1.04 bits per heavy atom. The number of hydrogen-bond donors (Lipinski definition) is 1. The Bertz CT molecular complexity index is 972. The van der Waals surface area contributed by atoms with E-state index in [0.717, 1.165) is 31.2 Å². The summed E-state index contributed by atoms with van der Waals surface area (Å²) < 4.78 is 5.78. The van der Waals surface area contributed by atoms with Crippen LogP contribution in [-0.2, 0) is 6.42 Å². The molecule has 2 atom stereocenters. The number of benzene rings is 2. The van der Waals surface area contributed by atoms with E-state index in [0.29, 0.717) is 17.2 Å². The lowest BCUT2D eigenvalue weighted by Gasteiger charge is -2.19. The first kappa shape index (κ1) is 18.5. The summed E-state index contributed by atoms with van der Waals surface area (Å²) in [7, 11) is 0. The van der Waals surface area contributed by atoms with Crippen LogP contribution in [0.1, 0.15) is 60.5 Å². The first-order valence-electron chi connectivity index (χ1n) is 10.1. The lowest BCUT2D eigenvalue weighted by atomic mass is 9.87. The molecule has 1 saturated carbocycles. The molecule has 0 amide bonds. The van der Waals surface area contributed by atoms with Crippen LogP contribution in [0.4, 0.5) is 0 Å². The minimum Gasteiger partial charge on any atom is -0.507 e. The molecule has 3 nitrogen and oxygen atoms in total. The van der Waals surface area contributed by atoms with Gasteiger partial charge in [-0.3, -0.25) is 0 Å². The standard InChI is InChI=1S/C25H26O3/c1-2-18(15-17-9-5-3-6-10-17)22-16-21(26)24(25(27)28-22)23(20-13-14-20)19-11-7-4-8-12-19/h3-12,16,18,20,23,26H,2,13-15H2,1H3. The molecule has 1 aliphatic rings. The second-order valence-corrected chi connectivity index (χ2v) is 7.76. The highest BCUT2D eigenvalue weighted by atomic mass is 16.4. The third-order valence-electron chi connectivity index (χ3n) is 5.77. The largest absolute Gasteiger partial charge is 0.507 e. The van der Waals surface area contributed by atoms with E-state index in [1.165, 1.54) is 5.56 Å². The smallest absolute Gasteiger partial charge is 0.343 e. The van der Waals surface area contributed by atoms with Crippen molar-refractivity contribution in [2.75, 3.05) is 0 Å². The van der Waals surface area contributed by atoms with Crippen molar-refractivity contribution in [2.45, 2.75) is 44.4 Å². The summed E-state index contributed by atoms with van der Waals surface area (Å²) in [4.78, 5) is 13.0. The van der Waals surface area contributed by atoms with Gasteiger partial charge in [-0.15, -0.1) is 0 Å². The lowest BCUT2D eigenvalue weighted by molar-refractivity contribution is 0.379. The Morgan fingerprint density at radius 2 is 1.68 bits per heavy atom. The van der Waals surface area contributed by atoms with Gasteiger partial charge in [-0.2, -0.15) is 0 Å². The van der Waals surface area contributed by atoms with Crippen molar-refractivity contribution in [2.24, 2.45) is 5.92 Å². The van der Waals surface area contributed by atoms with Crippen LogP contribution >= 0.6 is 0 Å². The highest BCUT2D eigenvalue weighted by molar-refractivity contribution is 5.42. The molecule has 144 valence electrons. The molecule has 1 heterocycles. The molecule has 1 aliphatic carbocycles. The molecular formula is C25H26O3. The highest BCUT2D eigenvalue weighted by Crippen LogP contribution is 2.47. The van der Waals surface area contributed by atoms with Gasteiger partial charge >= 0.3 is 5.63 Å². The van der Waals surface area contributed by atoms with Crippen molar-refractivity contribution in [3.63, 3.8) is 0 Å². The van der Waals surface area contributed by atoms with Gasteiger partial charge in [0.25, 0.3) is 0 Å². The molecule has 0 radical (unpaired) electrons. The Morgan fingerprint density at radius 3 is 2.25 bits per heavy atom. The Kier molecular flexibility index (Phi) is 5.34. The van der Waals surface area contributed by atoms with Crippen LogP contribution in [0.3, 0.4) is 0 Å². The molecule has 1 fully saturated rings. The van der Waals surface area contributed by atoms with E-state index < -0.39 is 5.63 Å². The summed E-state index contributed by atoms with van der Waals surface area (Å²) in [6, 6.07) is 21.8. The van der Waals surface area contributed by atoms with E-state index in [2.05, 4.69) is 19.1 Å². The van der Waals surface area contributed by atoms with Gasteiger partial charge in [0.2, 0.25) is 0 Å². The van der Waals surface area contributed by atoms with E-state index in [1.807, 2.05) is 48.5 Å². The highest BCUT2D eigenvalue weighted by Gasteiger charge is 2.37. The fraction of sp³-hybridized carbons (Fsp3) is 0.320. The Hall–Kier alpha value is -2.81. The van der Waals surface area contributed by atoms with Gasteiger partial charge < -0.3 is 9.52 Å². The molecule has 2 unspecified atom stereocenters. The minimum atomic E-state index is -0.401. The van der Waals surface area contributed by atoms with Crippen molar-refractivity contribution in [3.05, 3.63) is 99.6 Å². The van der Waals surface area contributed by atoms with Crippen LogP contribution in [0.15, 0.2) is 75.9 Å². The van der Waals surface area contributed by atoms with Crippen LogP contribution in [-0.4, -0.2) is 5.11 Å². The molecule has 3 heteroatoms. The van der Waals surface area contributed by atoms with Gasteiger partial charge in [-0.1, -0.05) is 67.6 Å². The quantitative estimate of drug-likeness (QED) is 0.583. The van der Waals surface area contributed by atoms with Crippen LogP contribution in [0.2, 0.25) is 0 Å². The normalized spacial score (nSPS) is 15.9. The van der Waals surface area contributed by atoms with Crippen molar-refractivity contribution in [1.29, 1.82) is 0 Å². The monoisotopic (exact) mass is 374 g/mol. The third kappa shape index (κ3) is 3.89. The van der Waals surface area contributed by atoms with Crippen molar-refractivity contribution >= 4 is 0 Å². The number of aromatic hydroxyl groups is 1. The fourth-order valence-electron chi connectivity index (χ4n) is 4.11. The molecule has 28 heavy (non-hydrogen) atoms. The first-order valence-corrected chi connectivity index (χ1v) is 10.1. The Labute approximate surface area is 165 Å². The summed E-state index contributed by atoms with van der Waals surface area (Å²) in [5.74, 6) is 0.999. The average Bonchev–Trinajstić information content (AvgIpc) is 3.55. The van der Waals surface area contributed by atoms with Gasteiger partial charge in [0.1, 0.15) is 11.5 Å². The molecule has 0 spiro atoms. The summed E-state index contributed by atoms with van der Waals surface area (Å²) >= 11 is 0. The summed E-state index contributed by atoms with van der Waals surface area (Å²) in [6.45, 7) is 2.08. The molecular weight excluding hydrogens is 348 g/mol. The van der Waals surface area contributed by atoms with E-state index in [4.69, 9.17) is 4.42 Å². The van der Waals surface area contributed by atoms with Crippen LogP contribution in [0.25, 0.3) is 0 Å². The summed E-state index contributed by atoms with van der Waals surface area (Å²) in [5, 5.41) is 10.8. The van der Waals surface area contributed by atoms with Crippen molar-refractivity contribution in [1.82, 2.24) is 0 Å². The molecule has 2 aromatic carbocycles. The van der Waals surface area contributed by atoms with Crippen molar-refractivity contribution < 1.29 is 9.52 Å². The predicted molar refractivity (Wildman–Crippen MR) is 111 cm³/mol. The van der Waals surface area contributed by atoms with Gasteiger partial charge in [0.15, 0.2) is 0 Å².